The Balaban J connectivity index is 1.89. The molecule has 2 aromatic carbocycles. The monoisotopic (exact) mass is 349 g/mol. The molecule has 0 aliphatic carbocycles. The second-order valence-electron chi connectivity index (χ2n) is 4.95. The van der Waals surface area contributed by atoms with Crippen LogP contribution in [0.2, 0.25) is 0 Å². The summed E-state index contributed by atoms with van der Waals surface area (Å²) in [5.41, 5.74) is 3.39. The van der Waals surface area contributed by atoms with Gasteiger partial charge in [-0.1, -0.05) is 34.1 Å². The van der Waals surface area contributed by atoms with E-state index < -0.39 is 0 Å². The van der Waals surface area contributed by atoms with Crippen LogP contribution in [0.1, 0.15) is 16.0 Å². The van der Waals surface area contributed by atoms with Crippen molar-refractivity contribution in [1.82, 2.24) is 4.57 Å². The van der Waals surface area contributed by atoms with E-state index in [-0.39, 0.29) is 16.4 Å². The van der Waals surface area contributed by atoms with Crippen LogP contribution in [-0.4, -0.2) is 4.57 Å². The third-order valence-corrected chi connectivity index (χ3v) is 4.36. The van der Waals surface area contributed by atoms with Gasteiger partial charge in [0.25, 0.3) is 0 Å². The fourth-order valence-electron chi connectivity index (χ4n) is 2.29. The van der Waals surface area contributed by atoms with Crippen LogP contribution in [0.5, 0.6) is 0 Å². The highest BCUT2D eigenvalue weighted by Gasteiger charge is 2.12. The van der Waals surface area contributed by atoms with Crippen LogP contribution in [0.4, 0.5) is 4.39 Å². The second-order valence-corrected chi connectivity index (χ2v) is 6.06. The maximum absolute atomic E-state index is 12.9. The van der Waals surface area contributed by atoms with Gasteiger partial charge in [0.05, 0.1) is 5.52 Å². The maximum atomic E-state index is 12.9. The molecule has 0 N–H and O–H groups in total. The number of oxazole rings is 1. The minimum Gasteiger partial charge on any atom is -0.408 e. The van der Waals surface area contributed by atoms with Gasteiger partial charge in [0, 0.05) is 11.9 Å². The van der Waals surface area contributed by atoms with Gasteiger partial charge in [0.1, 0.15) is 5.82 Å². The van der Waals surface area contributed by atoms with E-state index in [0.717, 1.165) is 23.1 Å². The first-order chi connectivity index (χ1) is 10.0. The molecule has 0 saturated carbocycles. The number of alkyl halides is 1. The SMILES string of the molecule is Cn1c(=O)oc2cc(C(Br)Cc3ccc(F)cc3)ccc21. The zero-order valence-corrected chi connectivity index (χ0v) is 12.9. The van der Waals surface area contributed by atoms with Crippen LogP contribution in [0.3, 0.4) is 0 Å². The van der Waals surface area contributed by atoms with Crippen molar-refractivity contribution in [2.45, 2.75) is 11.2 Å². The number of aromatic nitrogens is 1. The van der Waals surface area contributed by atoms with Gasteiger partial charge in [-0.2, -0.15) is 0 Å². The quantitative estimate of drug-likeness (QED) is 0.671. The summed E-state index contributed by atoms with van der Waals surface area (Å²) in [6.45, 7) is 0. The Hall–Kier alpha value is -1.88. The van der Waals surface area contributed by atoms with Crippen LogP contribution >= 0.6 is 15.9 Å². The molecule has 0 amide bonds. The van der Waals surface area contributed by atoms with Crippen LogP contribution in [-0.2, 0) is 13.5 Å². The van der Waals surface area contributed by atoms with E-state index in [0.29, 0.717) is 5.58 Å². The zero-order valence-electron chi connectivity index (χ0n) is 11.3. The third-order valence-electron chi connectivity index (χ3n) is 3.51. The predicted molar refractivity (Wildman–Crippen MR) is 83.2 cm³/mol. The van der Waals surface area contributed by atoms with Crippen LogP contribution in [0.25, 0.3) is 11.1 Å². The van der Waals surface area contributed by atoms with E-state index in [1.54, 1.807) is 19.2 Å². The number of hydrogen-bond acceptors (Lipinski definition) is 2. The van der Waals surface area contributed by atoms with Gasteiger partial charge in [-0.25, -0.2) is 9.18 Å². The van der Waals surface area contributed by atoms with Crippen molar-refractivity contribution in [3.05, 3.63) is 70.0 Å². The molecule has 3 nitrogen and oxygen atoms in total. The molecular formula is C16H13BrFNO2. The molecule has 1 aromatic heterocycles. The Labute approximate surface area is 129 Å². The number of benzene rings is 2. The second kappa shape index (κ2) is 5.48. The van der Waals surface area contributed by atoms with E-state index in [1.807, 2.05) is 18.2 Å². The number of hydrogen-bond donors (Lipinski definition) is 0. The fourth-order valence-corrected chi connectivity index (χ4v) is 2.95. The predicted octanol–water partition coefficient (Wildman–Crippen LogP) is 3.95. The summed E-state index contributed by atoms with van der Waals surface area (Å²) < 4.78 is 19.6. The Morgan fingerprint density at radius 1 is 1.24 bits per heavy atom. The molecule has 0 aliphatic heterocycles. The molecule has 0 saturated heterocycles. The van der Waals surface area contributed by atoms with Gasteiger partial charge in [0.15, 0.2) is 5.58 Å². The molecule has 3 aromatic rings. The lowest BCUT2D eigenvalue weighted by atomic mass is 10.0. The van der Waals surface area contributed by atoms with E-state index in [9.17, 15) is 9.18 Å². The lowest BCUT2D eigenvalue weighted by molar-refractivity contribution is 0.528. The van der Waals surface area contributed by atoms with Gasteiger partial charge in [-0.15, -0.1) is 0 Å². The molecule has 0 bridgehead atoms. The number of fused-ring (bicyclic) bond motifs is 1. The topological polar surface area (TPSA) is 35.1 Å². The van der Waals surface area contributed by atoms with Crippen molar-refractivity contribution >= 4 is 27.0 Å². The van der Waals surface area contributed by atoms with Crippen molar-refractivity contribution in [2.75, 3.05) is 0 Å². The molecule has 0 fully saturated rings. The molecule has 0 spiro atoms. The number of rotatable bonds is 3. The molecule has 1 unspecified atom stereocenters. The van der Waals surface area contributed by atoms with Crippen LogP contribution in [0.15, 0.2) is 51.7 Å². The summed E-state index contributed by atoms with van der Waals surface area (Å²) in [6, 6.07) is 12.1. The largest absolute Gasteiger partial charge is 0.419 e. The van der Waals surface area contributed by atoms with Gasteiger partial charge in [0.2, 0.25) is 0 Å². The average molecular weight is 350 g/mol. The van der Waals surface area contributed by atoms with Crippen molar-refractivity contribution in [3.63, 3.8) is 0 Å². The summed E-state index contributed by atoms with van der Waals surface area (Å²) in [5.74, 6) is -0.607. The van der Waals surface area contributed by atoms with Crippen LogP contribution in [0, 0.1) is 5.82 Å². The molecule has 1 heterocycles. The van der Waals surface area contributed by atoms with Crippen molar-refractivity contribution < 1.29 is 8.81 Å². The van der Waals surface area contributed by atoms with E-state index in [2.05, 4.69) is 15.9 Å². The Bertz CT molecular complexity index is 836. The summed E-state index contributed by atoms with van der Waals surface area (Å²) in [4.78, 5) is 11.6. The lowest BCUT2D eigenvalue weighted by Crippen LogP contribution is -2.08. The number of aryl methyl sites for hydroxylation is 1. The van der Waals surface area contributed by atoms with Crippen molar-refractivity contribution in [2.24, 2.45) is 7.05 Å². The van der Waals surface area contributed by atoms with Gasteiger partial charge >= 0.3 is 5.76 Å². The molecule has 108 valence electrons. The standard InChI is InChI=1S/C16H13BrFNO2/c1-19-14-7-4-11(9-15(14)21-16(19)20)13(17)8-10-2-5-12(18)6-3-10/h2-7,9,13H,8H2,1H3. The number of nitrogens with zero attached hydrogens (tertiary/aromatic N) is 1. The average Bonchev–Trinajstić information content (AvgIpc) is 2.76. The first-order valence-corrected chi connectivity index (χ1v) is 7.44. The first kappa shape index (κ1) is 14.1. The molecule has 21 heavy (non-hydrogen) atoms. The van der Waals surface area contributed by atoms with Crippen molar-refractivity contribution in [3.8, 4) is 0 Å². The van der Waals surface area contributed by atoms with Gasteiger partial charge in [-0.3, -0.25) is 4.57 Å². The Kier molecular flexibility index (Phi) is 3.68. The van der Waals surface area contributed by atoms with E-state index in [4.69, 9.17) is 4.42 Å². The molecule has 0 radical (unpaired) electrons. The maximum Gasteiger partial charge on any atom is 0.419 e. The zero-order chi connectivity index (χ0) is 15.0. The summed E-state index contributed by atoms with van der Waals surface area (Å²) >= 11 is 3.63. The fraction of sp³-hybridized carbons (Fsp3) is 0.188. The Morgan fingerprint density at radius 3 is 2.67 bits per heavy atom. The highest BCUT2D eigenvalue weighted by atomic mass is 79.9. The van der Waals surface area contributed by atoms with Crippen LogP contribution < -0.4 is 5.76 Å². The molecule has 0 aliphatic rings. The molecule has 5 heteroatoms. The normalized spacial score (nSPS) is 12.7. The summed E-state index contributed by atoms with van der Waals surface area (Å²) in [5, 5.41) is 0. The molecule has 1 atom stereocenters. The third kappa shape index (κ3) is 2.78. The molecule has 3 rings (SSSR count). The van der Waals surface area contributed by atoms with Crippen molar-refractivity contribution in [1.29, 1.82) is 0 Å². The van der Waals surface area contributed by atoms with E-state index in [1.165, 1.54) is 16.7 Å². The minimum absolute atomic E-state index is 0.0675. The highest BCUT2D eigenvalue weighted by Crippen LogP contribution is 2.29. The van der Waals surface area contributed by atoms with Gasteiger partial charge in [-0.05, 0) is 41.8 Å². The summed E-state index contributed by atoms with van der Waals surface area (Å²) in [7, 11) is 1.68. The van der Waals surface area contributed by atoms with E-state index >= 15 is 0 Å². The minimum atomic E-state index is -0.369. The molecular weight excluding hydrogens is 337 g/mol. The highest BCUT2D eigenvalue weighted by molar-refractivity contribution is 9.09. The summed E-state index contributed by atoms with van der Waals surface area (Å²) in [6.07, 6.45) is 0.725. The lowest BCUT2D eigenvalue weighted by Gasteiger charge is -2.10. The Morgan fingerprint density at radius 2 is 1.95 bits per heavy atom. The van der Waals surface area contributed by atoms with Gasteiger partial charge < -0.3 is 4.42 Å². The first-order valence-electron chi connectivity index (χ1n) is 6.52. The smallest absolute Gasteiger partial charge is 0.408 e. The number of halogens is 2.